The van der Waals surface area contributed by atoms with Gasteiger partial charge in [-0.05, 0) is 42.8 Å². The van der Waals surface area contributed by atoms with Crippen molar-refractivity contribution < 1.29 is 22.7 Å². The van der Waals surface area contributed by atoms with Crippen molar-refractivity contribution in [3.63, 3.8) is 0 Å². The van der Waals surface area contributed by atoms with Crippen LogP contribution >= 0.6 is 0 Å². The number of esters is 1. The monoisotopic (exact) mass is 460 g/mol. The van der Waals surface area contributed by atoms with Crippen LogP contribution in [0, 0.1) is 6.92 Å². The number of urea groups is 1. The summed E-state index contributed by atoms with van der Waals surface area (Å²) in [6, 6.07) is 9.09. The predicted molar refractivity (Wildman–Crippen MR) is 118 cm³/mol. The van der Waals surface area contributed by atoms with Crippen LogP contribution < -0.4 is 10.6 Å². The lowest BCUT2D eigenvalue weighted by atomic mass is 10.1. The smallest absolute Gasteiger partial charge is 0.339 e. The van der Waals surface area contributed by atoms with Crippen molar-refractivity contribution in [3.8, 4) is 0 Å². The summed E-state index contributed by atoms with van der Waals surface area (Å²) in [5, 5.41) is 13.4. The molecule has 2 amide bonds. The van der Waals surface area contributed by atoms with Crippen molar-refractivity contribution in [2.24, 2.45) is 0 Å². The number of benzene rings is 2. The molecule has 1 heterocycles. The van der Waals surface area contributed by atoms with E-state index in [0.29, 0.717) is 23.3 Å². The summed E-state index contributed by atoms with van der Waals surface area (Å²) < 4.78 is 32.0. The fourth-order valence-electron chi connectivity index (χ4n) is 2.98. The zero-order valence-electron chi connectivity index (χ0n) is 18.1. The van der Waals surface area contributed by atoms with Gasteiger partial charge in [0, 0.05) is 20.6 Å². The molecule has 0 atom stereocenters. The highest BCUT2D eigenvalue weighted by Gasteiger charge is 2.19. The van der Waals surface area contributed by atoms with E-state index in [4.69, 9.17) is 4.74 Å². The van der Waals surface area contributed by atoms with Crippen LogP contribution in [-0.2, 0) is 21.3 Å². The summed E-state index contributed by atoms with van der Waals surface area (Å²) in [4.78, 5) is 24.3. The van der Waals surface area contributed by atoms with Gasteiger partial charge in [0.15, 0.2) is 0 Å². The van der Waals surface area contributed by atoms with Crippen molar-refractivity contribution in [1.29, 1.82) is 0 Å². The van der Waals surface area contributed by atoms with Crippen LogP contribution in [0.15, 0.2) is 41.3 Å². The fraction of sp³-hybridized carbons (Fsp3) is 0.300. The number of nitrogens with one attached hydrogen (secondary N) is 2. The molecule has 170 valence electrons. The van der Waals surface area contributed by atoms with Crippen LogP contribution in [0.5, 0.6) is 0 Å². The lowest BCUT2D eigenvalue weighted by molar-refractivity contribution is 0.0602. The maximum Gasteiger partial charge on any atom is 0.339 e. The van der Waals surface area contributed by atoms with Crippen molar-refractivity contribution in [2.45, 2.75) is 18.4 Å². The van der Waals surface area contributed by atoms with E-state index < -0.39 is 22.0 Å². The molecule has 0 saturated carbocycles. The Kier molecular flexibility index (Phi) is 6.75. The molecule has 1 aromatic heterocycles. The molecule has 2 aromatic carbocycles. The third-order valence-corrected chi connectivity index (χ3v) is 6.51. The average molecular weight is 461 g/mol. The van der Waals surface area contributed by atoms with E-state index in [0.717, 1.165) is 9.87 Å². The number of anilines is 1. The Morgan fingerprint density at radius 3 is 2.59 bits per heavy atom. The van der Waals surface area contributed by atoms with E-state index in [9.17, 15) is 18.0 Å². The van der Waals surface area contributed by atoms with Crippen LogP contribution in [0.3, 0.4) is 0 Å². The third kappa shape index (κ3) is 4.86. The van der Waals surface area contributed by atoms with Crippen LogP contribution in [-0.4, -0.2) is 67.5 Å². The number of amides is 2. The van der Waals surface area contributed by atoms with Gasteiger partial charge in [0.25, 0.3) is 0 Å². The van der Waals surface area contributed by atoms with Gasteiger partial charge in [-0.25, -0.2) is 27.0 Å². The van der Waals surface area contributed by atoms with Crippen molar-refractivity contribution >= 4 is 38.7 Å². The molecular formula is C20H24N6O5S. The molecule has 0 spiro atoms. The van der Waals surface area contributed by atoms with Gasteiger partial charge in [-0.1, -0.05) is 11.3 Å². The average Bonchev–Trinajstić information content (AvgIpc) is 3.15. The van der Waals surface area contributed by atoms with Crippen molar-refractivity contribution in [3.05, 3.63) is 47.5 Å². The Morgan fingerprint density at radius 2 is 1.91 bits per heavy atom. The Hall–Kier alpha value is -3.51. The molecule has 0 bridgehead atoms. The lowest BCUT2D eigenvalue weighted by Crippen LogP contribution is -2.32. The maximum atomic E-state index is 12.3. The lowest BCUT2D eigenvalue weighted by Gasteiger charge is -2.12. The summed E-state index contributed by atoms with van der Waals surface area (Å²) in [5.41, 5.74) is 2.53. The number of ether oxygens (including phenoxy) is 1. The minimum absolute atomic E-state index is 0.124. The second-order valence-electron chi connectivity index (χ2n) is 7.17. The molecule has 3 rings (SSSR count). The fourth-order valence-corrected chi connectivity index (χ4v) is 3.90. The van der Waals surface area contributed by atoms with Gasteiger partial charge >= 0.3 is 12.0 Å². The van der Waals surface area contributed by atoms with Gasteiger partial charge in [0.05, 0.1) is 35.3 Å². The summed E-state index contributed by atoms with van der Waals surface area (Å²) >= 11 is 0. The first kappa shape index (κ1) is 23.2. The number of hydrogen-bond acceptors (Lipinski definition) is 7. The van der Waals surface area contributed by atoms with Gasteiger partial charge in [-0.3, -0.25) is 0 Å². The number of aromatic nitrogens is 3. The highest BCUT2D eigenvalue weighted by Crippen LogP contribution is 2.20. The van der Waals surface area contributed by atoms with Gasteiger partial charge in [0.1, 0.15) is 5.52 Å². The molecule has 0 unspecified atom stereocenters. The first-order valence-electron chi connectivity index (χ1n) is 9.63. The highest BCUT2D eigenvalue weighted by atomic mass is 32.2. The Balaban J connectivity index is 1.65. The zero-order chi connectivity index (χ0) is 23.5. The van der Waals surface area contributed by atoms with E-state index in [1.54, 1.807) is 28.9 Å². The SMILES string of the molecule is COC(=O)c1ccc(C)cc1NC(=O)NCCn1nnc2cc(S(=O)(=O)N(C)C)ccc21. The Bertz CT molecular complexity index is 1270. The summed E-state index contributed by atoms with van der Waals surface area (Å²) in [7, 11) is 0.610. The molecule has 12 heteroatoms. The quantitative estimate of drug-likeness (QED) is 0.511. The predicted octanol–water partition coefficient (Wildman–Crippen LogP) is 1.60. The van der Waals surface area contributed by atoms with Crippen LogP contribution in [0.4, 0.5) is 10.5 Å². The minimum atomic E-state index is -3.57. The van der Waals surface area contributed by atoms with Crippen molar-refractivity contribution in [2.75, 3.05) is 33.1 Å². The Morgan fingerprint density at radius 1 is 1.16 bits per heavy atom. The highest BCUT2D eigenvalue weighted by molar-refractivity contribution is 7.89. The second kappa shape index (κ2) is 9.32. The number of hydrogen-bond donors (Lipinski definition) is 2. The molecule has 32 heavy (non-hydrogen) atoms. The molecule has 3 aromatic rings. The number of rotatable bonds is 7. The summed E-state index contributed by atoms with van der Waals surface area (Å²) in [6.07, 6.45) is 0. The molecule has 0 fully saturated rings. The summed E-state index contributed by atoms with van der Waals surface area (Å²) in [5.74, 6) is -0.551. The third-order valence-electron chi connectivity index (χ3n) is 4.70. The number of nitrogens with zero attached hydrogens (tertiary/aromatic N) is 4. The maximum absolute atomic E-state index is 12.3. The molecule has 0 saturated heterocycles. The van der Waals surface area contributed by atoms with Gasteiger partial charge in [-0.15, -0.1) is 5.10 Å². The number of carbonyl (C=O) groups is 2. The van der Waals surface area contributed by atoms with Gasteiger partial charge in [0.2, 0.25) is 10.0 Å². The van der Waals surface area contributed by atoms with E-state index in [2.05, 4.69) is 20.9 Å². The molecule has 11 nitrogen and oxygen atoms in total. The van der Waals surface area contributed by atoms with Crippen LogP contribution in [0.25, 0.3) is 11.0 Å². The number of carbonyl (C=O) groups excluding carboxylic acids is 2. The van der Waals surface area contributed by atoms with Gasteiger partial charge in [-0.2, -0.15) is 0 Å². The number of aryl methyl sites for hydroxylation is 1. The van der Waals surface area contributed by atoms with Crippen molar-refractivity contribution in [1.82, 2.24) is 24.6 Å². The first-order chi connectivity index (χ1) is 15.1. The normalized spacial score (nSPS) is 11.5. The van der Waals surface area contributed by atoms with E-state index in [1.807, 2.05) is 6.92 Å². The molecule has 0 aliphatic heterocycles. The molecule has 0 radical (unpaired) electrons. The summed E-state index contributed by atoms with van der Waals surface area (Å²) in [6.45, 7) is 2.37. The zero-order valence-corrected chi connectivity index (χ0v) is 18.9. The Labute approximate surface area is 185 Å². The molecule has 0 aliphatic carbocycles. The van der Waals surface area contributed by atoms with Crippen LogP contribution in [0.2, 0.25) is 0 Å². The van der Waals surface area contributed by atoms with E-state index in [-0.39, 0.29) is 17.0 Å². The number of sulfonamides is 1. The molecule has 2 N–H and O–H groups in total. The number of methoxy groups -OCH3 is 1. The first-order valence-corrected chi connectivity index (χ1v) is 11.1. The topological polar surface area (TPSA) is 136 Å². The van der Waals surface area contributed by atoms with E-state index >= 15 is 0 Å². The van der Waals surface area contributed by atoms with E-state index in [1.165, 1.54) is 33.3 Å². The number of fused-ring (bicyclic) bond motifs is 1. The second-order valence-corrected chi connectivity index (χ2v) is 9.32. The van der Waals surface area contributed by atoms with Gasteiger partial charge < -0.3 is 15.4 Å². The minimum Gasteiger partial charge on any atom is -0.465 e. The standard InChI is InChI=1S/C20H24N6O5S/c1-13-5-7-15(19(27)31-4)16(11-13)22-20(28)21-9-10-26-18-8-6-14(12-17(18)23-24-26)32(29,30)25(2)3/h5-8,11-12H,9-10H2,1-4H3,(H2,21,22,28). The largest absolute Gasteiger partial charge is 0.465 e. The molecular weight excluding hydrogens is 436 g/mol. The molecule has 0 aliphatic rings. The van der Waals surface area contributed by atoms with Crippen LogP contribution in [0.1, 0.15) is 15.9 Å².